The van der Waals surface area contributed by atoms with Gasteiger partial charge >= 0.3 is 0 Å². The van der Waals surface area contributed by atoms with Gasteiger partial charge in [-0.2, -0.15) is 5.26 Å². The van der Waals surface area contributed by atoms with Gasteiger partial charge in [0.15, 0.2) is 11.0 Å². The smallest absolute Gasteiger partial charge is 0.240 e. The van der Waals surface area contributed by atoms with Crippen molar-refractivity contribution in [1.29, 1.82) is 5.26 Å². The first-order valence-electron chi connectivity index (χ1n) is 9.02. The Hall–Kier alpha value is -2.63. The fraction of sp³-hybridized carbons (Fsp3) is 0.300. The number of carbonyl (C=O) groups excluding carboxylic acids is 1. The molecule has 0 aliphatic rings. The van der Waals surface area contributed by atoms with E-state index in [0.717, 1.165) is 28.1 Å². The van der Waals surface area contributed by atoms with E-state index in [0.29, 0.717) is 6.54 Å². The number of carbonyl (C=O) groups is 1. The normalized spacial score (nSPS) is 11.8. The van der Waals surface area contributed by atoms with Gasteiger partial charge in [0.25, 0.3) is 0 Å². The van der Waals surface area contributed by atoms with E-state index in [1.807, 2.05) is 66.3 Å². The fourth-order valence-corrected chi connectivity index (χ4v) is 4.51. The average Bonchev–Trinajstić information content (AvgIpc) is 3.38. The predicted molar refractivity (Wildman–Crippen MR) is 113 cm³/mol. The highest BCUT2D eigenvalue weighted by Gasteiger charge is 2.25. The summed E-state index contributed by atoms with van der Waals surface area (Å²) in [7, 11) is 0. The molecule has 0 aliphatic carbocycles. The van der Waals surface area contributed by atoms with Crippen LogP contribution in [0.15, 0.2) is 53.0 Å². The summed E-state index contributed by atoms with van der Waals surface area (Å²) in [5.41, 5.74) is 0.798. The molecule has 0 fully saturated rings. The van der Waals surface area contributed by atoms with Crippen LogP contribution in [0.2, 0.25) is 0 Å². The lowest BCUT2D eigenvalue weighted by Crippen LogP contribution is -2.37. The summed E-state index contributed by atoms with van der Waals surface area (Å²) in [4.78, 5) is 15.9. The standard InChI is InChI=1S/C20H21N5OS2/c1-3-24-18(17-11-7-14-27-17)22-23-20(24)28-15(2)19(26)25(13-8-12-21)16-9-5-4-6-10-16/h4-7,9-11,14-15H,3,8,13H2,1-2H3/t15-/m1/s1. The van der Waals surface area contributed by atoms with E-state index in [4.69, 9.17) is 5.26 Å². The van der Waals surface area contributed by atoms with Gasteiger partial charge in [-0.05, 0) is 37.4 Å². The van der Waals surface area contributed by atoms with E-state index in [1.165, 1.54) is 11.8 Å². The minimum Gasteiger partial charge on any atom is -0.310 e. The monoisotopic (exact) mass is 411 g/mol. The maximum Gasteiger partial charge on any atom is 0.240 e. The Morgan fingerprint density at radius 1 is 1.29 bits per heavy atom. The van der Waals surface area contributed by atoms with Gasteiger partial charge in [0, 0.05) is 18.8 Å². The predicted octanol–water partition coefficient (Wildman–Crippen LogP) is 4.45. The highest BCUT2D eigenvalue weighted by atomic mass is 32.2. The zero-order valence-electron chi connectivity index (χ0n) is 15.8. The van der Waals surface area contributed by atoms with Crippen molar-refractivity contribution < 1.29 is 4.79 Å². The van der Waals surface area contributed by atoms with Crippen LogP contribution in [-0.4, -0.2) is 32.5 Å². The summed E-state index contributed by atoms with van der Waals surface area (Å²) >= 11 is 3.01. The number of hydrogen-bond acceptors (Lipinski definition) is 6. The molecule has 0 saturated carbocycles. The highest BCUT2D eigenvalue weighted by Crippen LogP contribution is 2.30. The second-order valence-corrected chi connectivity index (χ2v) is 8.28. The molecule has 1 atom stereocenters. The van der Waals surface area contributed by atoms with Gasteiger partial charge in [0.2, 0.25) is 5.91 Å². The maximum absolute atomic E-state index is 13.1. The number of rotatable bonds is 8. The third-order valence-corrected chi connectivity index (χ3v) is 6.12. The Bertz CT molecular complexity index is 947. The number of para-hydroxylation sites is 1. The summed E-state index contributed by atoms with van der Waals surface area (Å²) in [6.45, 7) is 5.00. The lowest BCUT2D eigenvalue weighted by atomic mass is 10.2. The van der Waals surface area contributed by atoms with Crippen LogP contribution in [-0.2, 0) is 11.3 Å². The molecule has 3 rings (SSSR count). The number of anilines is 1. The Kier molecular flexibility index (Phi) is 6.85. The van der Waals surface area contributed by atoms with Gasteiger partial charge in [-0.25, -0.2) is 0 Å². The summed E-state index contributed by atoms with van der Waals surface area (Å²) in [5.74, 6) is 0.777. The Balaban J connectivity index is 1.80. The Morgan fingerprint density at radius 2 is 2.07 bits per heavy atom. The molecule has 144 valence electrons. The molecule has 0 unspecified atom stereocenters. The van der Waals surface area contributed by atoms with E-state index < -0.39 is 0 Å². The van der Waals surface area contributed by atoms with Crippen LogP contribution < -0.4 is 4.90 Å². The second-order valence-electron chi connectivity index (χ2n) is 6.02. The number of thiophene rings is 1. The van der Waals surface area contributed by atoms with Crippen molar-refractivity contribution in [1.82, 2.24) is 14.8 Å². The maximum atomic E-state index is 13.1. The molecule has 0 spiro atoms. The molecule has 0 N–H and O–H groups in total. The van der Waals surface area contributed by atoms with Gasteiger partial charge in [-0.3, -0.25) is 4.79 Å². The average molecular weight is 412 g/mol. The minimum atomic E-state index is -0.357. The quantitative estimate of drug-likeness (QED) is 0.512. The van der Waals surface area contributed by atoms with Crippen LogP contribution in [0.25, 0.3) is 10.7 Å². The van der Waals surface area contributed by atoms with Gasteiger partial charge < -0.3 is 9.47 Å². The fourth-order valence-electron chi connectivity index (χ4n) is 2.81. The topological polar surface area (TPSA) is 74.8 Å². The molecular weight excluding hydrogens is 390 g/mol. The van der Waals surface area contributed by atoms with E-state index in [-0.39, 0.29) is 17.6 Å². The van der Waals surface area contributed by atoms with Crippen molar-refractivity contribution in [2.24, 2.45) is 0 Å². The molecule has 28 heavy (non-hydrogen) atoms. The number of amides is 1. The van der Waals surface area contributed by atoms with Crippen molar-refractivity contribution in [2.75, 3.05) is 11.4 Å². The second kappa shape index (κ2) is 9.53. The van der Waals surface area contributed by atoms with Crippen molar-refractivity contribution in [2.45, 2.75) is 37.2 Å². The molecule has 0 radical (unpaired) electrons. The molecule has 1 amide bonds. The van der Waals surface area contributed by atoms with Crippen molar-refractivity contribution >= 4 is 34.7 Å². The SMILES string of the molecule is CCn1c(S[C@H](C)C(=O)N(CCC#N)c2ccccc2)nnc1-c1cccs1. The number of hydrogen-bond donors (Lipinski definition) is 0. The first kappa shape index (κ1) is 20.1. The first-order valence-corrected chi connectivity index (χ1v) is 10.8. The van der Waals surface area contributed by atoms with Crippen LogP contribution in [0.3, 0.4) is 0 Å². The third-order valence-electron chi connectivity index (χ3n) is 4.19. The summed E-state index contributed by atoms with van der Waals surface area (Å²) in [6, 6.07) is 15.6. The zero-order chi connectivity index (χ0) is 19.9. The van der Waals surface area contributed by atoms with Crippen LogP contribution >= 0.6 is 23.1 Å². The summed E-state index contributed by atoms with van der Waals surface area (Å²) < 4.78 is 2.03. The Labute approximate surface area is 172 Å². The lowest BCUT2D eigenvalue weighted by Gasteiger charge is -2.24. The molecule has 8 heteroatoms. The molecule has 1 aromatic carbocycles. The van der Waals surface area contributed by atoms with Crippen LogP contribution in [0.1, 0.15) is 20.3 Å². The molecule has 6 nitrogen and oxygen atoms in total. The third kappa shape index (κ3) is 4.43. The van der Waals surface area contributed by atoms with Crippen LogP contribution in [0, 0.1) is 11.3 Å². The van der Waals surface area contributed by atoms with Gasteiger partial charge in [0.1, 0.15) is 0 Å². The molecule has 2 aromatic heterocycles. The van der Waals surface area contributed by atoms with E-state index in [9.17, 15) is 4.79 Å². The summed E-state index contributed by atoms with van der Waals surface area (Å²) in [5, 5.41) is 20.0. The largest absolute Gasteiger partial charge is 0.310 e. The van der Waals surface area contributed by atoms with Crippen molar-refractivity contribution in [3.8, 4) is 16.8 Å². The van der Waals surface area contributed by atoms with E-state index in [1.54, 1.807) is 16.2 Å². The number of aromatic nitrogens is 3. The van der Waals surface area contributed by atoms with Crippen LogP contribution in [0.5, 0.6) is 0 Å². The molecule has 0 saturated heterocycles. The van der Waals surface area contributed by atoms with E-state index >= 15 is 0 Å². The molecule has 2 heterocycles. The molecular formula is C20H21N5OS2. The van der Waals surface area contributed by atoms with Gasteiger partial charge in [0.05, 0.1) is 22.6 Å². The Morgan fingerprint density at radius 3 is 2.71 bits per heavy atom. The van der Waals surface area contributed by atoms with Crippen molar-refractivity contribution in [3.63, 3.8) is 0 Å². The number of benzene rings is 1. The molecule has 0 aliphatic heterocycles. The molecule has 3 aromatic rings. The lowest BCUT2D eigenvalue weighted by molar-refractivity contribution is -0.117. The minimum absolute atomic E-state index is 0.0465. The van der Waals surface area contributed by atoms with Crippen LogP contribution in [0.4, 0.5) is 5.69 Å². The highest BCUT2D eigenvalue weighted by molar-refractivity contribution is 8.00. The van der Waals surface area contributed by atoms with Gasteiger partial charge in [-0.1, -0.05) is 36.0 Å². The number of nitrogens with zero attached hydrogens (tertiary/aromatic N) is 5. The number of thioether (sulfide) groups is 1. The van der Waals surface area contributed by atoms with E-state index in [2.05, 4.69) is 16.3 Å². The summed E-state index contributed by atoms with van der Waals surface area (Å²) in [6.07, 6.45) is 0.283. The van der Waals surface area contributed by atoms with Gasteiger partial charge in [-0.15, -0.1) is 21.5 Å². The zero-order valence-corrected chi connectivity index (χ0v) is 17.4. The first-order chi connectivity index (χ1) is 13.7. The molecule has 0 bridgehead atoms. The number of nitriles is 1. The van der Waals surface area contributed by atoms with Crippen molar-refractivity contribution in [3.05, 3.63) is 47.8 Å².